The Morgan fingerprint density at radius 1 is 0.301 bits per heavy atom. The number of ether oxygens (including phenoxy) is 1. The van der Waals surface area contributed by atoms with E-state index in [4.69, 9.17) is 4.74 Å². The third-order valence-corrected chi connectivity index (χ3v) is 20.5. The Morgan fingerprint density at radius 3 is 0.817 bits per heavy atom. The van der Waals surface area contributed by atoms with Gasteiger partial charge in [-0.15, -0.1) is 0 Å². The van der Waals surface area contributed by atoms with Crippen LogP contribution in [0.3, 0.4) is 0 Å². The quantitative estimate of drug-likeness (QED) is 0.0320. The van der Waals surface area contributed by atoms with Gasteiger partial charge in [0, 0.05) is 12.8 Å². The summed E-state index contributed by atoms with van der Waals surface area (Å²) >= 11 is 0. The number of carbonyl (C=O) groups excluding carboxylic acids is 2. The van der Waals surface area contributed by atoms with Crippen molar-refractivity contribution in [3.63, 3.8) is 0 Å². The lowest BCUT2D eigenvalue weighted by Gasteiger charge is -2.22. The minimum absolute atomic E-state index is 0.0221. The van der Waals surface area contributed by atoms with Crippen molar-refractivity contribution in [1.82, 2.24) is 5.32 Å². The number of nitrogens with one attached hydrogen (secondary N) is 1. The van der Waals surface area contributed by atoms with E-state index < -0.39 is 12.1 Å². The molecular weight excluding hydrogens is 1140 g/mol. The van der Waals surface area contributed by atoms with Crippen molar-refractivity contribution >= 4 is 11.9 Å². The number of carbonyl (C=O) groups is 2. The summed E-state index contributed by atoms with van der Waals surface area (Å²) in [6.07, 6.45) is 107. The Labute approximate surface area is 583 Å². The zero-order valence-electron chi connectivity index (χ0n) is 63.5. The monoisotopic (exact) mass is 1310 g/mol. The van der Waals surface area contributed by atoms with E-state index >= 15 is 0 Å². The molecule has 6 nitrogen and oxygen atoms in total. The standard InChI is InChI=1S/C87H169NO5/c1-3-5-7-9-11-13-15-17-18-19-20-21-22-38-41-44-47-50-53-56-59-63-67-71-75-79-85(90)84(83-89)88-86(91)80-76-72-68-64-60-57-54-51-48-45-42-39-36-34-32-30-28-26-24-23-25-27-29-31-33-35-37-40-43-46-49-52-55-58-62-66-70-74-78-82-93-87(92)81-77-73-69-65-61-16-14-12-10-8-6-4-2/h23-24,27,29,84-85,89-90H,3-22,25-26,28,30-83H2,1-2H3,(H,88,91)/b24-23-,29-27-. The number of unbranched alkanes of at least 4 members (excludes halogenated alkanes) is 67. The van der Waals surface area contributed by atoms with E-state index in [-0.39, 0.29) is 18.5 Å². The van der Waals surface area contributed by atoms with Gasteiger partial charge in [0.15, 0.2) is 0 Å². The van der Waals surface area contributed by atoms with Gasteiger partial charge in [-0.25, -0.2) is 0 Å². The molecule has 2 atom stereocenters. The van der Waals surface area contributed by atoms with Gasteiger partial charge in [-0.3, -0.25) is 9.59 Å². The summed E-state index contributed by atoms with van der Waals surface area (Å²) in [7, 11) is 0. The van der Waals surface area contributed by atoms with Crippen LogP contribution in [-0.4, -0.2) is 47.4 Å². The van der Waals surface area contributed by atoms with Crippen molar-refractivity contribution in [2.45, 2.75) is 508 Å². The van der Waals surface area contributed by atoms with Crippen molar-refractivity contribution in [3.8, 4) is 0 Å². The number of aliphatic hydroxyl groups excluding tert-OH is 2. The van der Waals surface area contributed by atoms with Crippen LogP contribution in [0.25, 0.3) is 0 Å². The maximum absolute atomic E-state index is 12.6. The first kappa shape index (κ1) is 91.3. The number of aliphatic hydroxyl groups is 2. The molecule has 552 valence electrons. The van der Waals surface area contributed by atoms with E-state index in [9.17, 15) is 19.8 Å². The van der Waals surface area contributed by atoms with Crippen LogP contribution in [0, 0.1) is 0 Å². The predicted octanol–water partition coefficient (Wildman–Crippen LogP) is 28.8. The molecule has 0 saturated heterocycles. The molecule has 0 saturated carbocycles. The highest BCUT2D eigenvalue weighted by Gasteiger charge is 2.20. The van der Waals surface area contributed by atoms with Crippen molar-refractivity contribution in [3.05, 3.63) is 24.3 Å². The van der Waals surface area contributed by atoms with Crippen LogP contribution in [0.15, 0.2) is 24.3 Å². The Hall–Kier alpha value is -1.66. The minimum atomic E-state index is -0.664. The molecule has 0 aliphatic rings. The molecule has 0 spiro atoms. The number of hydrogen-bond acceptors (Lipinski definition) is 5. The molecule has 0 aromatic heterocycles. The summed E-state index contributed by atoms with van der Waals surface area (Å²) in [5.74, 6) is -0.00338. The normalized spacial score (nSPS) is 12.5. The number of rotatable bonds is 82. The van der Waals surface area contributed by atoms with Gasteiger partial charge in [-0.05, 0) is 57.8 Å². The van der Waals surface area contributed by atoms with Crippen molar-refractivity contribution < 1.29 is 24.5 Å². The van der Waals surface area contributed by atoms with E-state index in [0.717, 1.165) is 44.9 Å². The van der Waals surface area contributed by atoms with Crippen LogP contribution >= 0.6 is 0 Å². The van der Waals surface area contributed by atoms with Crippen molar-refractivity contribution in [1.29, 1.82) is 0 Å². The van der Waals surface area contributed by atoms with Gasteiger partial charge in [0.25, 0.3) is 0 Å². The van der Waals surface area contributed by atoms with E-state index in [1.807, 2.05) is 0 Å². The average Bonchev–Trinajstić information content (AvgIpc) is 3.76. The third kappa shape index (κ3) is 79.2. The highest BCUT2D eigenvalue weighted by atomic mass is 16.5. The minimum Gasteiger partial charge on any atom is -0.466 e. The second kappa shape index (κ2) is 82.8. The van der Waals surface area contributed by atoms with E-state index in [2.05, 4.69) is 43.5 Å². The fraction of sp³-hybridized carbons (Fsp3) is 0.931. The first-order valence-electron chi connectivity index (χ1n) is 43.1. The lowest BCUT2D eigenvalue weighted by atomic mass is 10.0. The van der Waals surface area contributed by atoms with Crippen LogP contribution in [0.2, 0.25) is 0 Å². The largest absolute Gasteiger partial charge is 0.466 e. The fourth-order valence-corrected chi connectivity index (χ4v) is 14.0. The number of allylic oxidation sites excluding steroid dienone is 4. The van der Waals surface area contributed by atoms with Crippen LogP contribution in [0.4, 0.5) is 0 Å². The molecule has 0 heterocycles. The predicted molar refractivity (Wildman–Crippen MR) is 412 cm³/mol. The first-order valence-corrected chi connectivity index (χ1v) is 43.1. The van der Waals surface area contributed by atoms with Gasteiger partial charge in [0.05, 0.1) is 25.4 Å². The van der Waals surface area contributed by atoms with E-state index in [1.165, 1.54) is 417 Å². The second-order valence-electron chi connectivity index (χ2n) is 29.9. The van der Waals surface area contributed by atoms with E-state index in [1.54, 1.807) is 0 Å². The lowest BCUT2D eigenvalue weighted by Crippen LogP contribution is -2.45. The third-order valence-electron chi connectivity index (χ3n) is 20.5. The zero-order valence-corrected chi connectivity index (χ0v) is 63.5. The van der Waals surface area contributed by atoms with Crippen LogP contribution in [0.1, 0.15) is 495 Å². The molecule has 3 N–H and O–H groups in total. The molecular formula is C87H169NO5. The molecule has 2 unspecified atom stereocenters. The average molecular weight is 1310 g/mol. The van der Waals surface area contributed by atoms with Crippen LogP contribution in [-0.2, 0) is 14.3 Å². The maximum Gasteiger partial charge on any atom is 0.305 e. The summed E-state index contributed by atoms with van der Waals surface area (Å²) in [5, 5.41) is 23.5. The molecule has 0 fully saturated rings. The topological polar surface area (TPSA) is 95.9 Å². The molecule has 1 amide bonds. The first-order chi connectivity index (χ1) is 46.0. The number of esters is 1. The van der Waals surface area contributed by atoms with E-state index in [0.29, 0.717) is 25.9 Å². The summed E-state index contributed by atoms with van der Waals surface area (Å²) < 4.78 is 5.49. The Bertz CT molecular complexity index is 1460. The highest BCUT2D eigenvalue weighted by molar-refractivity contribution is 5.76. The lowest BCUT2D eigenvalue weighted by molar-refractivity contribution is -0.143. The molecule has 0 radical (unpaired) electrons. The molecule has 0 aliphatic heterocycles. The van der Waals surface area contributed by atoms with Crippen molar-refractivity contribution in [2.75, 3.05) is 13.2 Å². The molecule has 6 heteroatoms. The molecule has 0 rings (SSSR count). The SMILES string of the molecule is CCCCCCCCCCCCCCCCCCCCCCCCCCCC(O)C(CO)NC(=O)CCCCCCCCCCCCCCCCCCC/C=C\C/C=C\CCCCCCCCCCCCCCCCCOC(=O)CCCCCCCCCCCCCC. The van der Waals surface area contributed by atoms with Gasteiger partial charge in [-0.2, -0.15) is 0 Å². The van der Waals surface area contributed by atoms with Gasteiger partial charge in [0.2, 0.25) is 5.91 Å². The summed E-state index contributed by atoms with van der Waals surface area (Å²) in [6.45, 7) is 5.01. The Kier molecular flexibility index (Phi) is 81.3. The molecule has 93 heavy (non-hydrogen) atoms. The van der Waals surface area contributed by atoms with Crippen molar-refractivity contribution in [2.24, 2.45) is 0 Å². The number of amides is 1. The highest BCUT2D eigenvalue weighted by Crippen LogP contribution is 2.21. The fourth-order valence-electron chi connectivity index (χ4n) is 14.0. The number of hydrogen-bond donors (Lipinski definition) is 3. The molecule has 0 bridgehead atoms. The van der Waals surface area contributed by atoms with Gasteiger partial charge in [-0.1, -0.05) is 449 Å². The second-order valence-corrected chi connectivity index (χ2v) is 29.9. The summed E-state index contributed by atoms with van der Waals surface area (Å²) in [5.41, 5.74) is 0. The molecule has 0 aliphatic carbocycles. The van der Waals surface area contributed by atoms with Gasteiger partial charge < -0.3 is 20.3 Å². The summed E-state index contributed by atoms with van der Waals surface area (Å²) in [6, 6.07) is -0.541. The smallest absolute Gasteiger partial charge is 0.305 e. The molecule has 0 aromatic rings. The Morgan fingerprint density at radius 2 is 0.538 bits per heavy atom. The Balaban J connectivity index is 3.35. The van der Waals surface area contributed by atoms with Gasteiger partial charge >= 0.3 is 5.97 Å². The molecule has 0 aromatic carbocycles. The van der Waals surface area contributed by atoms with Crippen LogP contribution < -0.4 is 5.32 Å². The summed E-state index contributed by atoms with van der Waals surface area (Å²) in [4.78, 5) is 24.6. The van der Waals surface area contributed by atoms with Crippen LogP contribution in [0.5, 0.6) is 0 Å². The van der Waals surface area contributed by atoms with Gasteiger partial charge in [0.1, 0.15) is 0 Å². The zero-order chi connectivity index (χ0) is 67.0. The maximum atomic E-state index is 12.6.